The number of ether oxygens (including phenoxy) is 2. The molecule has 28 heavy (non-hydrogen) atoms. The van der Waals surface area contributed by atoms with Gasteiger partial charge in [0.1, 0.15) is 23.3 Å². The molecule has 7 nitrogen and oxygen atoms in total. The van der Waals surface area contributed by atoms with Crippen molar-refractivity contribution in [3.63, 3.8) is 0 Å². The van der Waals surface area contributed by atoms with Crippen molar-refractivity contribution in [2.75, 3.05) is 0 Å². The Balaban J connectivity index is 2.16. The van der Waals surface area contributed by atoms with Crippen molar-refractivity contribution < 1.29 is 28.3 Å². The lowest BCUT2D eigenvalue weighted by atomic mass is 10.0. The zero-order chi connectivity index (χ0) is 20.4. The number of hydrogen-bond donors (Lipinski definition) is 0. The number of benzene rings is 2. The normalized spacial score (nSPS) is 10.5. The number of ketones is 1. The lowest BCUT2D eigenvalue weighted by Gasteiger charge is -2.09. The molecule has 0 unspecified atom stereocenters. The van der Waals surface area contributed by atoms with Gasteiger partial charge in [-0.05, 0) is 30.7 Å². The van der Waals surface area contributed by atoms with E-state index in [-0.39, 0.29) is 33.6 Å². The van der Waals surface area contributed by atoms with Gasteiger partial charge in [-0.15, -0.1) is 0 Å². The van der Waals surface area contributed by atoms with E-state index < -0.39 is 17.4 Å². The smallest absolute Gasteiger partial charge is 0.308 e. The molecule has 0 bridgehead atoms. The molecule has 0 atom stereocenters. The average Bonchev–Trinajstić information content (AvgIpc) is 2.61. The first-order valence-corrected chi connectivity index (χ1v) is 8.34. The van der Waals surface area contributed by atoms with E-state index in [0.29, 0.717) is 11.3 Å². The predicted octanol–water partition coefficient (Wildman–Crippen LogP) is 3.51. The Kier molecular flexibility index (Phi) is 5.08. The second kappa shape index (κ2) is 7.48. The van der Waals surface area contributed by atoms with Crippen LogP contribution in [0, 0.1) is 0 Å². The molecule has 142 valence electrons. The van der Waals surface area contributed by atoms with Crippen molar-refractivity contribution >= 4 is 28.7 Å². The number of Topliss-reactive ketones (excluding diaryl/α,β-unsaturated/α-hetero) is 1. The summed E-state index contributed by atoms with van der Waals surface area (Å²) in [6, 6.07) is 9.05. The zero-order valence-electron chi connectivity index (χ0n) is 15.4. The first-order chi connectivity index (χ1) is 13.3. The number of fused-ring (bicyclic) bond motifs is 1. The summed E-state index contributed by atoms with van der Waals surface area (Å²) in [5.74, 6) is -0.911. The van der Waals surface area contributed by atoms with Gasteiger partial charge < -0.3 is 13.9 Å². The summed E-state index contributed by atoms with van der Waals surface area (Å²) in [5, 5.41) is 0.102. The fraction of sp³-hybridized carbons (Fsp3) is 0.143. The first kappa shape index (κ1) is 19.0. The monoisotopic (exact) mass is 380 g/mol. The van der Waals surface area contributed by atoms with Gasteiger partial charge in [-0.1, -0.05) is 12.1 Å². The van der Waals surface area contributed by atoms with E-state index in [0.717, 1.165) is 0 Å². The molecule has 3 aromatic rings. The van der Waals surface area contributed by atoms with Crippen LogP contribution < -0.4 is 14.9 Å². The molecule has 0 amide bonds. The van der Waals surface area contributed by atoms with Crippen LogP contribution in [0.15, 0.2) is 51.9 Å². The Hall–Kier alpha value is -3.74. The maximum atomic E-state index is 13.0. The van der Waals surface area contributed by atoms with Crippen LogP contribution in [0.4, 0.5) is 0 Å². The average molecular weight is 380 g/mol. The van der Waals surface area contributed by atoms with Crippen molar-refractivity contribution in [3.05, 3.63) is 58.4 Å². The summed E-state index contributed by atoms with van der Waals surface area (Å²) in [6.45, 7) is 3.84. The van der Waals surface area contributed by atoms with Gasteiger partial charge in [0.05, 0.1) is 10.9 Å². The van der Waals surface area contributed by atoms with Crippen molar-refractivity contribution in [1.82, 2.24) is 0 Å². The van der Waals surface area contributed by atoms with Gasteiger partial charge in [0, 0.05) is 25.5 Å². The molecule has 0 saturated carbocycles. The number of carbonyl (C=O) groups excluding carboxylic acids is 3. The Morgan fingerprint density at radius 3 is 2.04 bits per heavy atom. The first-order valence-electron chi connectivity index (χ1n) is 8.34. The highest BCUT2D eigenvalue weighted by Crippen LogP contribution is 2.28. The highest BCUT2D eigenvalue weighted by Gasteiger charge is 2.18. The zero-order valence-corrected chi connectivity index (χ0v) is 15.4. The van der Waals surface area contributed by atoms with Crippen LogP contribution in [-0.4, -0.2) is 17.7 Å². The lowest BCUT2D eigenvalue weighted by Crippen LogP contribution is -2.11. The minimum atomic E-state index is -0.555. The molecule has 0 radical (unpaired) electrons. The number of hydrogen-bond acceptors (Lipinski definition) is 7. The van der Waals surface area contributed by atoms with E-state index in [1.54, 1.807) is 24.3 Å². The van der Waals surface area contributed by atoms with Gasteiger partial charge in [0.15, 0.2) is 5.78 Å². The van der Waals surface area contributed by atoms with E-state index >= 15 is 0 Å². The predicted molar refractivity (Wildman–Crippen MR) is 101 cm³/mol. The highest BCUT2D eigenvalue weighted by atomic mass is 16.5. The van der Waals surface area contributed by atoms with Gasteiger partial charge in [-0.2, -0.15) is 0 Å². The standard InChI is InChI=1S/C21H16O7/c1-11(22)17-8-16(28-13(3)24)9-19-20(17)21(25)18(10-26-19)14-4-6-15(7-5-14)27-12(2)23/h4-10H,1-3H3. The number of esters is 2. The Morgan fingerprint density at radius 2 is 1.46 bits per heavy atom. The molecule has 1 aromatic heterocycles. The summed E-state index contributed by atoms with van der Waals surface area (Å²) < 4.78 is 15.5. The molecule has 0 aliphatic rings. The summed E-state index contributed by atoms with van der Waals surface area (Å²) >= 11 is 0. The summed E-state index contributed by atoms with van der Waals surface area (Å²) in [6.07, 6.45) is 1.27. The number of rotatable bonds is 4. The Bertz CT molecular complexity index is 1150. The highest BCUT2D eigenvalue weighted by molar-refractivity contribution is 6.07. The second-order valence-electron chi connectivity index (χ2n) is 6.09. The topological polar surface area (TPSA) is 99.9 Å². The van der Waals surface area contributed by atoms with E-state index in [4.69, 9.17) is 13.9 Å². The third-order valence-electron chi connectivity index (χ3n) is 3.92. The minimum absolute atomic E-state index is 0.0980. The van der Waals surface area contributed by atoms with E-state index in [1.807, 2.05) is 0 Å². The maximum absolute atomic E-state index is 13.0. The van der Waals surface area contributed by atoms with Gasteiger partial charge in [0.25, 0.3) is 0 Å². The van der Waals surface area contributed by atoms with Crippen LogP contribution in [-0.2, 0) is 9.59 Å². The molecule has 0 spiro atoms. The van der Waals surface area contributed by atoms with E-state index in [9.17, 15) is 19.2 Å². The van der Waals surface area contributed by atoms with Crippen LogP contribution in [0.2, 0.25) is 0 Å². The fourth-order valence-electron chi connectivity index (χ4n) is 2.80. The molecule has 3 rings (SSSR count). The van der Waals surface area contributed by atoms with Gasteiger partial charge in [0.2, 0.25) is 5.43 Å². The largest absolute Gasteiger partial charge is 0.463 e. The van der Waals surface area contributed by atoms with Crippen LogP contribution in [0.1, 0.15) is 31.1 Å². The summed E-state index contributed by atoms with van der Waals surface area (Å²) in [7, 11) is 0. The van der Waals surface area contributed by atoms with Crippen molar-refractivity contribution in [1.29, 1.82) is 0 Å². The molecule has 0 aliphatic heterocycles. The molecular weight excluding hydrogens is 364 g/mol. The molecular formula is C21H16O7. The van der Waals surface area contributed by atoms with Crippen LogP contribution in [0.5, 0.6) is 11.5 Å². The molecule has 0 fully saturated rings. The third kappa shape index (κ3) is 3.83. The maximum Gasteiger partial charge on any atom is 0.308 e. The van der Waals surface area contributed by atoms with Crippen LogP contribution in [0.3, 0.4) is 0 Å². The third-order valence-corrected chi connectivity index (χ3v) is 3.92. The minimum Gasteiger partial charge on any atom is -0.463 e. The molecule has 1 heterocycles. The van der Waals surface area contributed by atoms with Crippen molar-refractivity contribution in [2.45, 2.75) is 20.8 Å². The Labute approximate surface area is 159 Å². The van der Waals surface area contributed by atoms with Crippen molar-refractivity contribution in [2.24, 2.45) is 0 Å². The fourth-order valence-corrected chi connectivity index (χ4v) is 2.80. The molecule has 0 aliphatic carbocycles. The summed E-state index contributed by atoms with van der Waals surface area (Å²) in [5.41, 5.74) is 0.603. The summed E-state index contributed by atoms with van der Waals surface area (Å²) in [4.78, 5) is 47.3. The van der Waals surface area contributed by atoms with Gasteiger partial charge in [-0.3, -0.25) is 19.2 Å². The van der Waals surface area contributed by atoms with Crippen LogP contribution >= 0.6 is 0 Å². The van der Waals surface area contributed by atoms with Gasteiger partial charge in [-0.25, -0.2) is 0 Å². The Morgan fingerprint density at radius 1 is 0.857 bits per heavy atom. The SMILES string of the molecule is CC(=O)Oc1ccc(-c2coc3cc(OC(C)=O)cc(C(C)=O)c3c2=O)cc1. The van der Waals surface area contributed by atoms with Crippen LogP contribution in [0.25, 0.3) is 22.1 Å². The second-order valence-corrected chi connectivity index (χ2v) is 6.09. The molecule has 0 N–H and O–H groups in total. The van der Waals surface area contributed by atoms with Gasteiger partial charge >= 0.3 is 11.9 Å². The number of carbonyl (C=O) groups is 3. The molecule has 7 heteroatoms. The van der Waals surface area contributed by atoms with E-state index in [1.165, 1.54) is 39.2 Å². The lowest BCUT2D eigenvalue weighted by molar-refractivity contribution is -0.132. The van der Waals surface area contributed by atoms with E-state index in [2.05, 4.69) is 0 Å². The molecule has 2 aromatic carbocycles. The van der Waals surface area contributed by atoms with Crippen molar-refractivity contribution in [3.8, 4) is 22.6 Å². The molecule has 0 saturated heterocycles. The quantitative estimate of drug-likeness (QED) is 0.388.